The quantitative estimate of drug-likeness (QED) is 0.557. The van der Waals surface area contributed by atoms with Crippen molar-refractivity contribution in [3.05, 3.63) is 45.7 Å². The van der Waals surface area contributed by atoms with Crippen LogP contribution >= 0.6 is 27.5 Å². The lowest BCUT2D eigenvalue weighted by Crippen LogP contribution is -1.91. The molecule has 0 unspecified atom stereocenters. The first-order valence-electron chi connectivity index (χ1n) is 4.79. The molecule has 0 aromatic heterocycles. The second-order valence-electron chi connectivity index (χ2n) is 3.42. The van der Waals surface area contributed by atoms with Gasteiger partial charge in [-0.3, -0.25) is 0 Å². The van der Waals surface area contributed by atoms with Crippen LogP contribution in [0.4, 0.5) is 4.39 Å². The fourth-order valence-electron chi connectivity index (χ4n) is 1.36. The third-order valence-corrected chi connectivity index (χ3v) is 3.21. The van der Waals surface area contributed by atoms with Crippen molar-refractivity contribution in [3.63, 3.8) is 0 Å². The number of benzene rings is 1. The van der Waals surface area contributed by atoms with Crippen LogP contribution in [0.2, 0.25) is 0 Å². The first-order valence-corrected chi connectivity index (χ1v) is 6.12. The van der Waals surface area contributed by atoms with Crippen LogP contribution in [0.5, 0.6) is 0 Å². The number of hydrogen-bond donors (Lipinski definition) is 0. The van der Waals surface area contributed by atoms with Gasteiger partial charge in [-0.25, -0.2) is 4.39 Å². The third kappa shape index (κ3) is 3.96. The number of alkyl halides is 1. The summed E-state index contributed by atoms with van der Waals surface area (Å²) >= 11 is 8.84. The van der Waals surface area contributed by atoms with Gasteiger partial charge in [-0.1, -0.05) is 23.8 Å². The Bertz CT molecular complexity index is 361. The second kappa shape index (κ2) is 6.29. The van der Waals surface area contributed by atoms with E-state index >= 15 is 0 Å². The molecular formula is C12H13BrClF. The van der Waals surface area contributed by atoms with E-state index in [1.54, 1.807) is 6.07 Å². The molecule has 0 amide bonds. The van der Waals surface area contributed by atoms with E-state index in [0.29, 0.717) is 10.4 Å². The largest absolute Gasteiger partial charge is 0.206 e. The summed E-state index contributed by atoms with van der Waals surface area (Å²) in [5.74, 6) is 0.416. The van der Waals surface area contributed by atoms with Crippen LogP contribution in [-0.2, 0) is 6.42 Å². The van der Waals surface area contributed by atoms with Gasteiger partial charge in [0.15, 0.2) is 0 Å². The fourth-order valence-corrected chi connectivity index (χ4v) is 1.87. The van der Waals surface area contributed by atoms with Gasteiger partial charge in [-0.2, -0.15) is 0 Å². The molecule has 15 heavy (non-hydrogen) atoms. The summed E-state index contributed by atoms with van der Waals surface area (Å²) < 4.78 is 13.8. The number of allylic oxidation sites excluding steroid dienone is 2. The minimum atomic E-state index is -0.211. The summed E-state index contributed by atoms with van der Waals surface area (Å²) in [6.45, 7) is 2.03. The van der Waals surface area contributed by atoms with Crippen molar-refractivity contribution in [1.82, 2.24) is 0 Å². The van der Waals surface area contributed by atoms with Crippen molar-refractivity contribution in [2.45, 2.75) is 19.8 Å². The Labute approximate surface area is 103 Å². The molecule has 0 fully saturated rings. The van der Waals surface area contributed by atoms with Gasteiger partial charge in [0.2, 0.25) is 0 Å². The van der Waals surface area contributed by atoms with Gasteiger partial charge in [-0.05, 0) is 47.3 Å². The molecule has 0 saturated carbocycles. The van der Waals surface area contributed by atoms with Crippen molar-refractivity contribution in [3.8, 4) is 0 Å². The van der Waals surface area contributed by atoms with Gasteiger partial charge in [0.05, 0.1) is 4.47 Å². The normalized spacial score (nSPS) is 11.9. The first kappa shape index (κ1) is 12.7. The monoisotopic (exact) mass is 290 g/mol. The minimum Gasteiger partial charge on any atom is -0.206 e. The molecule has 0 aliphatic carbocycles. The van der Waals surface area contributed by atoms with E-state index < -0.39 is 0 Å². The molecule has 0 radical (unpaired) electrons. The molecule has 0 heterocycles. The average Bonchev–Trinajstić information content (AvgIpc) is 2.22. The Hall–Kier alpha value is -0.340. The number of hydrogen-bond acceptors (Lipinski definition) is 0. The SMILES string of the molecule is C/C(=C/CCCl)Cc1cccc(F)c1Br. The van der Waals surface area contributed by atoms with Crippen molar-refractivity contribution in [1.29, 1.82) is 0 Å². The van der Waals surface area contributed by atoms with Gasteiger partial charge < -0.3 is 0 Å². The first-order chi connectivity index (χ1) is 7.15. The van der Waals surface area contributed by atoms with E-state index in [2.05, 4.69) is 22.0 Å². The zero-order chi connectivity index (χ0) is 11.3. The Balaban J connectivity index is 2.76. The molecule has 0 aliphatic heterocycles. The zero-order valence-corrected chi connectivity index (χ0v) is 10.9. The van der Waals surface area contributed by atoms with Gasteiger partial charge in [0.1, 0.15) is 5.82 Å². The highest BCUT2D eigenvalue weighted by molar-refractivity contribution is 9.10. The maximum atomic E-state index is 13.2. The maximum Gasteiger partial charge on any atom is 0.137 e. The Morgan fingerprint density at radius 1 is 1.53 bits per heavy atom. The molecule has 1 aromatic carbocycles. The smallest absolute Gasteiger partial charge is 0.137 e. The van der Waals surface area contributed by atoms with E-state index in [0.717, 1.165) is 18.4 Å². The van der Waals surface area contributed by atoms with E-state index in [4.69, 9.17) is 11.6 Å². The second-order valence-corrected chi connectivity index (χ2v) is 4.59. The topological polar surface area (TPSA) is 0 Å². The lowest BCUT2D eigenvalue weighted by molar-refractivity contribution is 0.618. The van der Waals surface area contributed by atoms with Crippen LogP contribution in [0.1, 0.15) is 18.9 Å². The summed E-state index contributed by atoms with van der Waals surface area (Å²) in [6, 6.07) is 5.10. The summed E-state index contributed by atoms with van der Waals surface area (Å²) in [4.78, 5) is 0. The highest BCUT2D eigenvalue weighted by Crippen LogP contribution is 2.22. The van der Waals surface area contributed by atoms with Crippen molar-refractivity contribution in [2.75, 3.05) is 5.88 Å². The Morgan fingerprint density at radius 2 is 2.27 bits per heavy atom. The lowest BCUT2D eigenvalue weighted by Gasteiger charge is -2.05. The van der Waals surface area contributed by atoms with Gasteiger partial charge in [0, 0.05) is 5.88 Å². The molecular weight excluding hydrogens is 278 g/mol. The predicted octanol–water partition coefficient (Wildman–Crippen LogP) is 4.71. The van der Waals surface area contributed by atoms with Crippen LogP contribution in [0, 0.1) is 5.82 Å². The van der Waals surface area contributed by atoms with E-state index in [1.807, 2.05) is 13.0 Å². The molecule has 82 valence electrons. The molecule has 3 heteroatoms. The summed E-state index contributed by atoms with van der Waals surface area (Å²) in [5.41, 5.74) is 2.18. The average molecular weight is 292 g/mol. The van der Waals surface area contributed by atoms with Gasteiger partial charge in [0.25, 0.3) is 0 Å². The Kier molecular flexibility index (Phi) is 5.34. The molecule has 0 N–H and O–H groups in total. The fraction of sp³-hybridized carbons (Fsp3) is 0.333. The Morgan fingerprint density at radius 3 is 2.93 bits per heavy atom. The highest BCUT2D eigenvalue weighted by Gasteiger charge is 2.04. The lowest BCUT2D eigenvalue weighted by atomic mass is 10.1. The highest BCUT2D eigenvalue weighted by atomic mass is 79.9. The van der Waals surface area contributed by atoms with Crippen LogP contribution in [0.25, 0.3) is 0 Å². The van der Waals surface area contributed by atoms with Crippen LogP contribution in [0.15, 0.2) is 34.3 Å². The van der Waals surface area contributed by atoms with Crippen molar-refractivity contribution < 1.29 is 4.39 Å². The summed E-state index contributed by atoms with van der Waals surface area (Å²) in [6.07, 6.45) is 3.71. The molecule has 0 saturated heterocycles. The van der Waals surface area contributed by atoms with Gasteiger partial charge in [-0.15, -0.1) is 11.6 Å². The molecule has 1 aromatic rings. The molecule has 0 nitrogen and oxygen atoms in total. The molecule has 1 rings (SSSR count). The van der Waals surface area contributed by atoms with E-state index in [9.17, 15) is 4.39 Å². The van der Waals surface area contributed by atoms with Crippen molar-refractivity contribution in [2.24, 2.45) is 0 Å². The van der Waals surface area contributed by atoms with Crippen LogP contribution in [-0.4, -0.2) is 5.88 Å². The molecule has 0 bridgehead atoms. The van der Waals surface area contributed by atoms with Gasteiger partial charge >= 0.3 is 0 Å². The minimum absolute atomic E-state index is 0.211. The van der Waals surface area contributed by atoms with Crippen molar-refractivity contribution >= 4 is 27.5 Å². The van der Waals surface area contributed by atoms with E-state index in [1.165, 1.54) is 11.6 Å². The molecule has 0 aliphatic rings. The molecule has 0 atom stereocenters. The maximum absolute atomic E-state index is 13.2. The zero-order valence-electron chi connectivity index (χ0n) is 8.56. The standard InChI is InChI=1S/C12H13BrClF/c1-9(4-3-7-14)8-10-5-2-6-11(15)12(10)13/h2,4-6H,3,7-8H2,1H3/b9-4-. The summed E-state index contributed by atoms with van der Waals surface area (Å²) in [7, 11) is 0. The number of rotatable bonds is 4. The number of halogens is 3. The van der Waals surface area contributed by atoms with Crippen LogP contribution in [0.3, 0.4) is 0 Å². The summed E-state index contributed by atoms with van der Waals surface area (Å²) in [5, 5.41) is 0. The molecule has 0 spiro atoms. The van der Waals surface area contributed by atoms with Crippen LogP contribution < -0.4 is 0 Å². The predicted molar refractivity (Wildman–Crippen MR) is 66.9 cm³/mol. The van der Waals surface area contributed by atoms with E-state index in [-0.39, 0.29) is 5.82 Å². The third-order valence-electron chi connectivity index (χ3n) is 2.10.